The van der Waals surface area contributed by atoms with Gasteiger partial charge in [0.2, 0.25) is 0 Å². The van der Waals surface area contributed by atoms with Crippen LogP contribution in [0.3, 0.4) is 0 Å². The van der Waals surface area contributed by atoms with E-state index in [0.717, 1.165) is 4.90 Å². The third-order valence-electron chi connectivity index (χ3n) is 6.14. The van der Waals surface area contributed by atoms with Crippen LogP contribution in [0.1, 0.15) is 83.1 Å². The van der Waals surface area contributed by atoms with Crippen LogP contribution in [0.25, 0.3) is 0 Å². The van der Waals surface area contributed by atoms with Crippen LogP contribution in [0.2, 0.25) is 0 Å². The second-order valence-electron chi connectivity index (χ2n) is 14.7. The Bertz CT molecular complexity index is 1100. The smallest absolute Gasteiger partial charge is 0.311 e. The minimum Gasteiger partial charge on any atom is -0.462 e. The lowest BCUT2D eigenvalue weighted by molar-refractivity contribution is -0.246. The van der Waals surface area contributed by atoms with E-state index >= 15 is 0 Å². The van der Waals surface area contributed by atoms with E-state index in [1.54, 1.807) is 83.1 Å². The van der Waals surface area contributed by atoms with E-state index in [9.17, 15) is 19.2 Å². The molecule has 1 aliphatic heterocycles. The number of ether oxygens (including phenoxy) is 5. The molecule has 42 heavy (non-hydrogen) atoms. The molecular formula is C32H48O9S. The first kappa shape index (κ1) is 35.6. The van der Waals surface area contributed by atoms with Gasteiger partial charge in [0.1, 0.15) is 18.1 Å². The minimum absolute atomic E-state index is 0.284. The molecule has 9 nitrogen and oxygen atoms in total. The highest BCUT2D eigenvalue weighted by Gasteiger charge is 2.54. The fourth-order valence-corrected chi connectivity index (χ4v) is 4.54. The molecule has 1 aliphatic rings. The van der Waals surface area contributed by atoms with Gasteiger partial charge >= 0.3 is 23.9 Å². The molecule has 0 spiro atoms. The molecule has 0 saturated carbocycles. The number of thioether (sulfide) groups is 1. The highest BCUT2D eigenvalue weighted by atomic mass is 32.2. The molecule has 0 radical (unpaired) electrons. The number of hydrogen-bond acceptors (Lipinski definition) is 10. The summed E-state index contributed by atoms with van der Waals surface area (Å²) in [7, 11) is 0. The summed E-state index contributed by atoms with van der Waals surface area (Å²) in [6.07, 6.45) is -4.71. The van der Waals surface area contributed by atoms with Crippen LogP contribution in [0, 0.1) is 21.7 Å². The molecule has 10 heteroatoms. The largest absolute Gasteiger partial charge is 0.462 e. The summed E-state index contributed by atoms with van der Waals surface area (Å²) in [5.74, 6) is -2.21. The number of rotatable bonds is 7. The van der Waals surface area contributed by atoms with E-state index in [1.807, 2.05) is 30.3 Å². The zero-order chi connectivity index (χ0) is 32.3. The van der Waals surface area contributed by atoms with Crippen LogP contribution in [0.15, 0.2) is 35.2 Å². The van der Waals surface area contributed by atoms with Crippen molar-refractivity contribution in [2.24, 2.45) is 21.7 Å². The summed E-state index contributed by atoms with van der Waals surface area (Å²) < 4.78 is 30.1. The number of esters is 4. The van der Waals surface area contributed by atoms with Crippen molar-refractivity contribution in [1.29, 1.82) is 0 Å². The van der Waals surface area contributed by atoms with Crippen molar-refractivity contribution >= 4 is 35.6 Å². The lowest BCUT2D eigenvalue weighted by atomic mass is 9.93. The van der Waals surface area contributed by atoms with Crippen LogP contribution in [0.5, 0.6) is 0 Å². The first-order chi connectivity index (χ1) is 19.0. The number of carbonyl (C=O) groups is 4. The van der Waals surface area contributed by atoms with Gasteiger partial charge in [-0.1, -0.05) is 30.0 Å². The van der Waals surface area contributed by atoms with Crippen molar-refractivity contribution in [1.82, 2.24) is 0 Å². The molecule has 2 rings (SSSR count). The van der Waals surface area contributed by atoms with Crippen LogP contribution < -0.4 is 0 Å². The normalized spacial score (nSPS) is 23.5. The predicted octanol–water partition coefficient (Wildman–Crippen LogP) is 5.97. The maximum atomic E-state index is 13.3. The third kappa shape index (κ3) is 10.0. The SMILES string of the molecule is CC(C)(C)C(=O)OC[C@H]1OC(Sc2ccccc2)[C@@H](OC(=O)C(C)(C)C)[C@@H](OC(=O)C(C)(C)C)[C@@H]1OC(=O)C(C)(C)C. The molecule has 0 N–H and O–H groups in total. The van der Waals surface area contributed by atoms with E-state index in [1.165, 1.54) is 11.8 Å². The second kappa shape index (κ2) is 13.4. The van der Waals surface area contributed by atoms with Gasteiger partial charge < -0.3 is 23.7 Å². The highest BCUT2D eigenvalue weighted by Crippen LogP contribution is 2.39. The molecule has 0 aliphatic carbocycles. The molecule has 0 amide bonds. The van der Waals surface area contributed by atoms with Gasteiger partial charge in [-0.05, 0) is 95.2 Å². The maximum Gasteiger partial charge on any atom is 0.311 e. The van der Waals surface area contributed by atoms with E-state index in [0.29, 0.717) is 0 Å². The summed E-state index contributed by atoms with van der Waals surface area (Å²) in [4.78, 5) is 53.3. The van der Waals surface area contributed by atoms with Gasteiger partial charge in [-0.25, -0.2) is 0 Å². The number of carbonyl (C=O) groups excluding carboxylic acids is 4. The maximum absolute atomic E-state index is 13.3. The summed E-state index contributed by atoms with van der Waals surface area (Å²) in [5.41, 5.74) is -4.44. The fourth-order valence-electron chi connectivity index (χ4n) is 3.42. The van der Waals surface area contributed by atoms with Crippen molar-refractivity contribution < 1.29 is 42.9 Å². The second-order valence-corrected chi connectivity index (χ2v) is 15.9. The van der Waals surface area contributed by atoms with Gasteiger partial charge in [0.25, 0.3) is 0 Å². The summed E-state index contributed by atoms with van der Waals surface area (Å²) in [6.45, 7) is 20.2. The summed E-state index contributed by atoms with van der Waals surface area (Å²) >= 11 is 1.26. The average Bonchev–Trinajstić information content (AvgIpc) is 2.84. The van der Waals surface area contributed by atoms with Crippen LogP contribution in [0.4, 0.5) is 0 Å². The zero-order valence-electron chi connectivity index (χ0n) is 27.1. The lowest BCUT2D eigenvalue weighted by Gasteiger charge is -2.46. The molecular weight excluding hydrogens is 560 g/mol. The van der Waals surface area contributed by atoms with Gasteiger partial charge in [0.15, 0.2) is 18.3 Å². The molecule has 1 aromatic rings. The molecule has 0 bridgehead atoms. The Hall–Kier alpha value is -2.59. The molecule has 236 valence electrons. The Morgan fingerprint density at radius 2 is 1.02 bits per heavy atom. The minimum atomic E-state index is -1.26. The van der Waals surface area contributed by atoms with Crippen molar-refractivity contribution in [3.8, 4) is 0 Å². The fraction of sp³-hybridized carbons (Fsp3) is 0.688. The molecule has 5 atom stereocenters. The van der Waals surface area contributed by atoms with Crippen molar-refractivity contribution in [2.45, 2.75) is 118 Å². The quantitative estimate of drug-likeness (QED) is 0.271. The van der Waals surface area contributed by atoms with Gasteiger partial charge in [0, 0.05) is 4.90 Å². The van der Waals surface area contributed by atoms with E-state index < -0.39 is 75.4 Å². The molecule has 1 saturated heterocycles. The Kier molecular flexibility index (Phi) is 11.3. The Morgan fingerprint density at radius 1 is 0.619 bits per heavy atom. The molecule has 1 heterocycles. The van der Waals surface area contributed by atoms with Gasteiger partial charge in [-0.2, -0.15) is 0 Å². The first-order valence-electron chi connectivity index (χ1n) is 14.2. The van der Waals surface area contributed by atoms with E-state index in [4.69, 9.17) is 23.7 Å². The van der Waals surface area contributed by atoms with Crippen molar-refractivity contribution in [3.63, 3.8) is 0 Å². The van der Waals surface area contributed by atoms with Crippen molar-refractivity contribution in [3.05, 3.63) is 30.3 Å². The first-order valence-corrected chi connectivity index (χ1v) is 15.1. The van der Waals surface area contributed by atoms with E-state index in [-0.39, 0.29) is 6.61 Å². The lowest BCUT2D eigenvalue weighted by Crippen LogP contribution is -2.63. The van der Waals surface area contributed by atoms with Gasteiger partial charge in [-0.3, -0.25) is 19.2 Å². The van der Waals surface area contributed by atoms with Gasteiger partial charge in [0.05, 0.1) is 21.7 Å². The number of benzene rings is 1. The van der Waals surface area contributed by atoms with Gasteiger partial charge in [-0.15, -0.1) is 0 Å². The summed E-state index contributed by atoms with van der Waals surface area (Å²) in [5, 5.41) is 0. The summed E-state index contributed by atoms with van der Waals surface area (Å²) in [6, 6.07) is 9.32. The Balaban J connectivity index is 2.68. The van der Waals surface area contributed by atoms with Crippen molar-refractivity contribution in [2.75, 3.05) is 6.61 Å². The average molecular weight is 609 g/mol. The zero-order valence-corrected chi connectivity index (χ0v) is 27.9. The standard InChI is InChI=1S/C32H48O9S/c1-29(2,3)25(33)37-18-20-21(39-26(34)30(4,5)6)22(40-27(35)31(7,8)9)23(41-28(36)32(10,11)12)24(38-20)42-19-16-14-13-15-17-19/h13-17,20-24H,18H2,1-12H3/t20-,21-,22+,23+,24?/m1/s1. The molecule has 1 fully saturated rings. The van der Waals surface area contributed by atoms with E-state index in [2.05, 4.69) is 0 Å². The molecule has 1 aromatic carbocycles. The Morgan fingerprint density at radius 3 is 1.45 bits per heavy atom. The predicted molar refractivity (Wildman–Crippen MR) is 159 cm³/mol. The highest BCUT2D eigenvalue weighted by molar-refractivity contribution is 7.99. The van der Waals surface area contributed by atoms with Crippen LogP contribution >= 0.6 is 11.8 Å². The topological polar surface area (TPSA) is 114 Å². The number of hydrogen-bond donors (Lipinski definition) is 0. The molecule has 1 unspecified atom stereocenters. The molecule has 0 aromatic heterocycles. The van der Waals surface area contributed by atoms with Crippen LogP contribution in [-0.2, 0) is 42.9 Å². The monoisotopic (exact) mass is 608 g/mol. The third-order valence-corrected chi connectivity index (χ3v) is 7.30. The van der Waals surface area contributed by atoms with Crippen LogP contribution in [-0.4, -0.2) is 60.3 Å². The Labute approximate surface area is 254 Å².